The van der Waals surface area contributed by atoms with Crippen LogP contribution in [0.4, 0.5) is 23.7 Å². The van der Waals surface area contributed by atoms with E-state index in [2.05, 4.69) is 15.4 Å². The normalized spacial score (nSPS) is 12.2. The van der Waals surface area contributed by atoms with Crippen molar-refractivity contribution in [1.29, 1.82) is 0 Å². The number of hydrogen-bond donors (Lipinski definition) is 2. The number of alkyl halides is 3. The van der Waals surface area contributed by atoms with E-state index in [9.17, 15) is 27.9 Å². The third-order valence-electron chi connectivity index (χ3n) is 5.09. The lowest BCUT2D eigenvalue weighted by Crippen LogP contribution is -2.28. The number of carbonyl (C=O) groups is 2. The molecule has 34 heavy (non-hydrogen) atoms. The number of anilines is 1. The van der Waals surface area contributed by atoms with Crippen LogP contribution in [0.25, 0.3) is 28.3 Å². The van der Waals surface area contributed by atoms with Crippen molar-refractivity contribution < 1.29 is 27.9 Å². The molecule has 0 atom stereocenters. The summed E-state index contributed by atoms with van der Waals surface area (Å²) in [5.41, 5.74) is -0.414. The fraction of sp³-hybridized carbons (Fsp3) is 0.217. The molecule has 1 aromatic carbocycles. The highest BCUT2D eigenvalue weighted by Gasteiger charge is 2.35. The van der Waals surface area contributed by atoms with Crippen LogP contribution >= 0.6 is 0 Å². The van der Waals surface area contributed by atoms with E-state index < -0.39 is 29.2 Å². The molecule has 1 amide bonds. The Balaban J connectivity index is 1.76. The fourth-order valence-corrected chi connectivity index (χ4v) is 3.28. The third-order valence-corrected chi connectivity index (χ3v) is 5.09. The maximum atomic E-state index is 13.5. The molecule has 8 nitrogen and oxygen atoms in total. The maximum Gasteiger partial charge on any atom is 0.418 e. The number of hydrogen-bond acceptors (Lipinski definition) is 4. The third kappa shape index (κ3) is 4.36. The molecular weight excluding hydrogens is 451 g/mol. The van der Waals surface area contributed by atoms with Gasteiger partial charge in [-0.3, -0.25) is 9.36 Å². The molecule has 0 spiro atoms. The topological polar surface area (TPSA) is 102 Å². The van der Waals surface area contributed by atoms with Crippen molar-refractivity contribution >= 4 is 23.3 Å². The number of nitrogens with one attached hydrogen (secondary N) is 1. The average molecular weight is 471 g/mol. The number of carboxylic acid groups (broad SMARTS) is 1. The summed E-state index contributed by atoms with van der Waals surface area (Å²) in [4.78, 5) is 28.2. The van der Waals surface area contributed by atoms with Gasteiger partial charge in [0.25, 0.3) is 0 Å². The lowest BCUT2D eigenvalue weighted by molar-refractivity contribution is -0.137. The summed E-state index contributed by atoms with van der Waals surface area (Å²) in [6.45, 7) is 4.81. The van der Waals surface area contributed by atoms with Gasteiger partial charge in [-0.2, -0.15) is 18.3 Å². The molecule has 0 aliphatic carbocycles. The summed E-state index contributed by atoms with van der Waals surface area (Å²) in [6, 6.07) is 9.79. The van der Waals surface area contributed by atoms with Crippen molar-refractivity contribution in [3.63, 3.8) is 0 Å². The molecule has 0 aliphatic rings. The van der Waals surface area contributed by atoms with Crippen LogP contribution in [0.3, 0.4) is 0 Å². The zero-order valence-electron chi connectivity index (χ0n) is 18.4. The number of aromatic nitrogens is 4. The number of rotatable bonds is 3. The Morgan fingerprint density at radius 2 is 1.76 bits per heavy atom. The van der Waals surface area contributed by atoms with Crippen LogP contribution in [0.2, 0.25) is 0 Å². The van der Waals surface area contributed by atoms with Crippen LogP contribution in [0.15, 0.2) is 54.9 Å². The Morgan fingerprint density at radius 3 is 2.41 bits per heavy atom. The van der Waals surface area contributed by atoms with E-state index in [4.69, 9.17) is 0 Å². The summed E-state index contributed by atoms with van der Waals surface area (Å²) in [5.74, 6) is -0.558. The molecule has 3 heterocycles. The van der Waals surface area contributed by atoms with E-state index in [-0.39, 0.29) is 5.69 Å². The number of imidazole rings is 1. The number of carbonyl (C=O) groups excluding carboxylic acids is 1. The van der Waals surface area contributed by atoms with Crippen molar-refractivity contribution in [1.82, 2.24) is 19.2 Å². The average Bonchev–Trinajstić information content (AvgIpc) is 3.38. The minimum Gasteiger partial charge on any atom is -0.464 e. The standard InChI is InChI=1S/C23H20F3N5O3/c1-22(2,3)20(32)28-16-11-13(6-7-14(16)23(24,25)26)17-12-31-19(27-17)9-8-15(29-31)18-5-4-10-30(18)21(33)34/h4-12H,1-3H3,(H,28,32)(H,33,34). The molecule has 3 aromatic heterocycles. The summed E-state index contributed by atoms with van der Waals surface area (Å²) in [5, 5.41) is 16.1. The van der Waals surface area contributed by atoms with Gasteiger partial charge in [0.15, 0.2) is 5.65 Å². The van der Waals surface area contributed by atoms with Crippen LogP contribution in [-0.2, 0) is 11.0 Å². The summed E-state index contributed by atoms with van der Waals surface area (Å²) in [6.07, 6.45) is -2.92. The molecule has 4 aromatic rings. The van der Waals surface area contributed by atoms with E-state index >= 15 is 0 Å². The highest BCUT2D eigenvalue weighted by atomic mass is 19.4. The molecule has 11 heteroatoms. The lowest BCUT2D eigenvalue weighted by atomic mass is 9.95. The summed E-state index contributed by atoms with van der Waals surface area (Å²) in [7, 11) is 0. The highest BCUT2D eigenvalue weighted by Crippen LogP contribution is 2.37. The molecule has 0 bridgehead atoms. The fourth-order valence-electron chi connectivity index (χ4n) is 3.28. The van der Waals surface area contributed by atoms with Crippen LogP contribution < -0.4 is 5.32 Å². The molecule has 0 unspecified atom stereocenters. The number of benzene rings is 1. The summed E-state index contributed by atoms with van der Waals surface area (Å²) < 4.78 is 43.1. The van der Waals surface area contributed by atoms with Crippen LogP contribution in [0.1, 0.15) is 26.3 Å². The highest BCUT2D eigenvalue weighted by molar-refractivity contribution is 5.96. The van der Waals surface area contributed by atoms with E-state index in [1.165, 1.54) is 29.0 Å². The van der Waals surface area contributed by atoms with Gasteiger partial charge in [-0.05, 0) is 36.4 Å². The molecule has 0 radical (unpaired) electrons. The molecule has 0 saturated carbocycles. The predicted molar refractivity (Wildman–Crippen MR) is 118 cm³/mol. The maximum absolute atomic E-state index is 13.5. The monoisotopic (exact) mass is 471 g/mol. The zero-order valence-corrected chi connectivity index (χ0v) is 18.4. The van der Waals surface area contributed by atoms with E-state index in [0.717, 1.165) is 10.6 Å². The first kappa shape index (κ1) is 23.0. The van der Waals surface area contributed by atoms with Gasteiger partial charge in [-0.15, -0.1) is 0 Å². The molecule has 0 fully saturated rings. The van der Waals surface area contributed by atoms with Crippen LogP contribution in [0.5, 0.6) is 0 Å². The largest absolute Gasteiger partial charge is 0.464 e. The second kappa shape index (κ2) is 8.01. The first-order chi connectivity index (χ1) is 15.8. The van der Waals surface area contributed by atoms with Crippen molar-refractivity contribution in [2.45, 2.75) is 26.9 Å². The molecule has 0 aliphatic heterocycles. The zero-order chi connectivity index (χ0) is 24.8. The van der Waals surface area contributed by atoms with Crippen molar-refractivity contribution in [2.24, 2.45) is 5.41 Å². The molecule has 4 rings (SSSR count). The van der Waals surface area contributed by atoms with E-state index in [1.54, 1.807) is 45.0 Å². The second-order valence-electron chi connectivity index (χ2n) is 8.66. The molecule has 0 saturated heterocycles. The Bertz CT molecular complexity index is 1410. The molecule has 176 valence electrons. The van der Waals surface area contributed by atoms with Gasteiger partial charge in [-0.25, -0.2) is 14.3 Å². The van der Waals surface area contributed by atoms with E-state index in [1.807, 2.05) is 0 Å². The molecule has 2 N–H and O–H groups in total. The second-order valence-corrected chi connectivity index (χ2v) is 8.66. The Labute approximate surface area is 191 Å². The predicted octanol–water partition coefficient (Wildman–Crippen LogP) is 5.39. The van der Waals surface area contributed by atoms with Crippen molar-refractivity contribution in [3.05, 3.63) is 60.4 Å². The van der Waals surface area contributed by atoms with Gasteiger partial charge < -0.3 is 10.4 Å². The van der Waals surface area contributed by atoms with Crippen molar-refractivity contribution in [3.8, 4) is 22.6 Å². The van der Waals surface area contributed by atoms with Gasteiger partial charge in [0.05, 0.1) is 28.8 Å². The Kier molecular flexibility index (Phi) is 5.42. The number of amides is 1. The first-order valence-corrected chi connectivity index (χ1v) is 10.1. The van der Waals surface area contributed by atoms with Gasteiger partial charge in [0.2, 0.25) is 5.91 Å². The van der Waals surface area contributed by atoms with Crippen LogP contribution in [-0.4, -0.2) is 36.3 Å². The lowest BCUT2D eigenvalue weighted by Gasteiger charge is -2.20. The van der Waals surface area contributed by atoms with Crippen molar-refractivity contribution in [2.75, 3.05) is 5.32 Å². The molecular formula is C23H20F3N5O3. The summed E-state index contributed by atoms with van der Waals surface area (Å²) >= 11 is 0. The van der Waals surface area contributed by atoms with Gasteiger partial charge in [0, 0.05) is 17.2 Å². The van der Waals surface area contributed by atoms with Gasteiger partial charge in [0.1, 0.15) is 5.69 Å². The number of fused-ring (bicyclic) bond motifs is 1. The minimum atomic E-state index is -4.66. The van der Waals surface area contributed by atoms with Gasteiger partial charge >= 0.3 is 12.3 Å². The Morgan fingerprint density at radius 1 is 1.03 bits per heavy atom. The van der Waals surface area contributed by atoms with E-state index in [0.29, 0.717) is 28.3 Å². The van der Waals surface area contributed by atoms with Crippen LogP contribution in [0, 0.1) is 5.41 Å². The SMILES string of the molecule is CC(C)(C)C(=O)Nc1cc(-c2cn3nc(-c4cccn4C(=O)O)ccc3n2)ccc1C(F)(F)F. The smallest absolute Gasteiger partial charge is 0.418 e. The van der Waals surface area contributed by atoms with Gasteiger partial charge in [-0.1, -0.05) is 26.8 Å². The minimum absolute atomic E-state index is 0.332. The first-order valence-electron chi connectivity index (χ1n) is 10.1. The number of nitrogens with zero attached hydrogens (tertiary/aromatic N) is 4. The number of halogens is 3. The Hall–Kier alpha value is -4.15. The quantitative estimate of drug-likeness (QED) is 0.417.